The Morgan fingerprint density at radius 1 is 1.58 bits per heavy atom. The van der Waals surface area contributed by atoms with E-state index >= 15 is 0 Å². The van der Waals surface area contributed by atoms with Crippen molar-refractivity contribution in [2.75, 3.05) is 18.6 Å². The van der Waals surface area contributed by atoms with Crippen LogP contribution in [0, 0.1) is 0 Å². The maximum Gasteiger partial charge on any atom is 0.0693 e. The summed E-state index contributed by atoms with van der Waals surface area (Å²) in [4.78, 5) is 0. The van der Waals surface area contributed by atoms with Crippen LogP contribution in [0.3, 0.4) is 0 Å². The first-order valence-electron chi connectivity index (χ1n) is 4.41. The van der Waals surface area contributed by atoms with Gasteiger partial charge in [0.2, 0.25) is 0 Å². The van der Waals surface area contributed by atoms with Crippen molar-refractivity contribution < 1.29 is 9.32 Å². The first-order valence-corrected chi connectivity index (χ1v) is 6.14. The van der Waals surface area contributed by atoms with Gasteiger partial charge in [0.05, 0.1) is 6.10 Å². The number of nitrogens with one attached hydrogen (secondary N) is 1. The van der Waals surface area contributed by atoms with Crippen molar-refractivity contribution in [2.24, 2.45) is 0 Å². The number of hydrogen-bond acceptors (Lipinski definition) is 3. The molecule has 3 atom stereocenters. The molecule has 1 saturated carbocycles. The molecule has 0 aromatic rings. The van der Waals surface area contributed by atoms with Gasteiger partial charge in [-0.25, -0.2) is 0 Å². The van der Waals surface area contributed by atoms with Gasteiger partial charge in [-0.2, -0.15) is 0 Å². The molecule has 0 spiro atoms. The minimum atomic E-state index is -0.721. The fourth-order valence-corrected chi connectivity index (χ4v) is 1.97. The molecule has 0 aromatic heterocycles. The van der Waals surface area contributed by atoms with E-state index < -0.39 is 10.8 Å². The third kappa shape index (κ3) is 3.21. The number of hydrogen-bond donors (Lipinski definition) is 2. The molecule has 1 aliphatic carbocycles. The highest BCUT2D eigenvalue weighted by Gasteiger charge is 2.23. The molecule has 2 N–H and O–H groups in total. The predicted octanol–water partition coefficient (Wildman–Crippen LogP) is -0.132. The topological polar surface area (TPSA) is 49.3 Å². The molecule has 0 aromatic carbocycles. The minimum Gasteiger partial charge on any atom is -0.392 e. The first-order chi connectivity index (χ1) is 5.70. The molecule has 12 heavy (non-hydrogen) atoms. The van der Waals surface area contributed by atoms with Gasteiger partial charge in [-0.05, 0) is 19.3 Å². The van der Waals surface area contributed by atoms with E-state index in [1.54, 1.807) is 6.26 Å². The van der Waals surface area contributed by atoms with Crippen molar-refractivity contribution in [3.63, 3.8) is 0 Å². The Kier molecular flexibility index (Phi) is 4.18. The van der Waals surface area contributed by atoms with Crippen molar-refractivity contribution >= 4 is 10.8 Å². The number of rotatable bonds is 4. The Balaban J connectivity index is 2.10. The van der Waals surface area contributed by atoms with Crippen LogP contribution in [0.25, 0.3) is 0 Å². The maximum atomic E-state index is 10.7. The maximum absolute atomic E-state index is 10.7. The number of aliphatic hydroxyl groups excluding tert-OH is 1. The molecule has 72 valence electrons. The molecule has 4 heteroatoms. The van der Waals surface area contributed by atoms with E-state index in [9.17, 15) is 9.32 Å². The normalized spacial score (nSPS) is 32.2. The van der Waals surface area contributed by atoms with E-state index in [-0.39, 0.29) is 12.1 Å². The molecule has 0 radical (unpaired) electrons. The second-order valence-corrected chi connectivity index (χ2v) is 4.89. The van der Waals surface area contributed by atoms with Crippen LogP contribution >= 0.6 is 0 Å². The molecule has 0 saturated heterocycles. The fourth-order valence-electron chi connectivity index (χ4n) is 1.57. The van der Waals surface area contributed by atoms with Gasteiger partial charge in [0.15, 0.2) is 0 Å². The lowest BCUT2D eigenvalue weighted by molar-refractivity contribution is 0.150. The van der Waals surface area contributed by atoms with Crippen LogP contribution in [-0.4, -0.2) is 40.0 Å². The molecule has 0 heterocycles. The van der Waals surface area contributed by atoms with Crippen molar-refractivity contribution in [2.45, 2.75) is 31.4 Å². The van der Waals surface area contributed by atoms with E-state index in [2.05, 4.69) is 5.32 Å². The van der Waals surface area contributed by atoms with Gasteiger partial charge in [0, 0.05) is 35.4 Å². The zero-order valence-electron chi connectivity index (χ0n) is 7.45. The first kappa shape index (κ1) is 10.2. The van der Waals surface area contributed by atoms with Crippen LogP contribution in [0.2, 0.25) is 0 Å². The Labute approximate surface area is 76.0 Å². The third-order valence-electron chi connectivity index (χ3n) is 2.28. The molecular weight excluding hydrogens is 174 g/mol. The molecule has 0 amide bonds. The van der Waals surface area contributed by atoms with Crippen LogP contribution in [0.4, 0.5) is 0 Å². The van der Waals surface area contributed by atoms with E-state index in [0.29, 0.717) is 5.75 Å². The molecule has 3 nitrogen and oxygen atoms in total. The Bertz CT molecular complexity index is 163. The fraction of sp³-hybridized carbons (Fsp3) is 1.00. The predicted molar refractivity (Wildman–Crippen MR) is 50.6 cm³/mol. The van der Waals surface area contributed by atoms with Gasteiger partial charge in [-0.3, -0.25) is 4.21 Å². The zero-order valence-corrected chi connectivity index (χ0v) is 8.27. The van der Waals surface area contributed by atoms with E-state index in [0.717, 1.165) is 25.8 Å². The van der Waals surface area contributed by atoms with Gasteiger partial charge in [-0.15, -0.1) is 0 Å². The number of aliphatic hydroxyl groups is 1. The van der Waals surface area contributed by atoms with Crippen LogP contribution in [0.15, 0.2) is 0 Å². The van der Waals surface area contributed by atoms with Crippen LogP contribution < -0.4 is 5.32 Å². The quantitative estimate of drug-likeness (QED) is 0.651. The molecule has 1 rings (SSSR count). The zero-order chi connectivity index (χ0) is 8.97. The molecule has 0 aliphatic heterocycles. The monoisotopic (exact) mass is 191 g/mol. The smallest absolute Gasteiger partial charge is 0.0693 e. The van der Waals surface area contributed by atoms with E-state index in [1.807, 2.05) is 0 Å². The van der Waals surface area contributed by atoms with E-state index in [1.165, 1.54) is 0 Å². The van der Waals surface area contributed by atoms with Gasteiger partial charge in [0.25, 0.3) is 0 Å². The van der Waals surface area contributed by atoms with Gasteiger partial charge in [0.1, 0.15) is 0 Å². The molecule has 1 aliphatic rings. The van der Waals surface area contributed by atoms with Gasteiger partial charge < -0.3 is 10.4 Å². The van der Waals surface area contributed by atoms with Crippen molar-refractivity contribution in [3.05, 3.63) is 0 Å². The highest BCUT2D eigenvalue weighted by atomic mass is 32.2. The van der Waals surface area contributed by atoms with Crippen molar-refractivity contribution in [3.8, 4) is 0 Å². The average molecular weight is 191 g/mol. The van der Waals surface area contributed by atoms with Crippen molar-refractivity contribution in [1.82, 2.24) is 5.32 Å². The Hall–Kier alpha value is 0.0700. The molecule has 1 fully saturated rings. The lowest BCUT2D eigenvalue weighted by atomic mass is 10.2. The summed E-state index contributed by atoms with van der Waals surface area (Å²) in [5, 5.41) is 12.6. The standard InChI is InChI=1S/C8H17NO2S/c1-12(11)6-5-9-7-3-2-4-8(7)10/h7-10H,2-6H2,1H3/t7-,8-,12?/m0/s1. The summed E-state index contributed by atoms with van der Waals surface area (Å²) in [6.45, 7) is 0.755. The summed E-state index contributed by atoms with van der Waals surface area (Å²) >= 11 is 0. The summed E-state index contributed by atoms with van der Waals surface area (Å²) < 4.78 is 10.7. The van der Waals surface area contributed by atoms with Gasteiger partial charge >= 0.3 is 0 Å². The third-order valence-corrected chi connectivity index (χ3v) is 3.05. The summed E-state index contributed by atoms with van der Waals surface area (Å²) in [5.41, 5.74) is 0. The van der Waals surface area contributed by atoms with E-state index in [4.69, 9.17) is 0 Å². The second-order valence-electron chi connectivity index (χ2n) is 3.34. The Morgan fingerprint density at radius 3 is 2.83 bits per heavy atom. The highest BCUT2D eigenvalue weighted by molar-refractivity contribution is 7.84. The lowest BCUT2D eigenvalue weighted by Crippen LogP contribution is -2.37. The molecule has 1 unspecified atom stereocenters. The summed E-state index contributed by atoms with van der Waals surface area (Å²) in [7, 11) is -0.721. The summed E-state index contributed by atoms with van der Waals surface area (Å²) in [5.74, 6) is 0.684. The van der Waals surface area contributed by atoms with Crippen LogP contribution in [0.1, 0.15) is 19.3 Å². The summed E-state index contributed by atoms with van der Waals surface area (Å²) in [6.07, 6.45) is 4.58. The lowest BCUT2D eigenvalue weighted by Gasteiger charge is -2.15. The van der Waals surface area contributed by atoms with Crippen LogP contribution in [0.5, 0.6) is 0 Å². The van der Waals surface area contributed by atoms with Crippen molar-refractivity contribution in [1.29, 1.82) is 0 Å². The molecular formula is C8H17NO2S. The second kappa shape index (κ2) is 4.94. The highest BCUT2D eigenvalue weighted by Crippen LogP contribution is 2.18. The largest absolute Gasteiger partial charge is 0.392 e. The Morgan fingerprint density at radius 2 is 2.33 bits per heavy atom. The van der Waals surface area contributed by atoms with Crippen LogP contribution in [-0.2, 0) is 10.8 Å². The summed E-state index contributed by atoms with van der Waals surface area (Å²) in [6, 6.07) is 0.244. The molecule has 0 bridgehead atoms. The SMILES string of the molecule is CS(=O)CCN[C@H]1CCC[C@@H]1O. The van der Waals surface area contributed by atoms with Gasteiger partial charge in [-0.1, -0.05) is 0 Å². The average Bonchev–Trinajstić information content (AvgIpc) is 2.36. The minimum absolute atomic E-state index is 0.185.